The Morgan fingerprint density at radius 3 is 2.53 bits per heavy atom. The van der Waals surface area contributed by atoms with Gasteiger partial charge >= 0.3 is 12.1 Å². The minimum Gasteiger partial charge on any atom is -0.459 e. The molecule has 0 amide bonds. The summed E-state index contributed by atoms with van der Waals surface area (Å²) >= 11 is 0. The molecule has 0 bridgehead atoms. The number of rotatable bonds is 8. The summed E-state index contributed by atoms with van der Waals surface area (Å²) in [7, 11) is 0. The number of nitrogens with zero attached hydrogens (tertiary/aromatic N) is 2. The lowest BCUT2D eigenvalue weighted by Gasteiger charge is -2.14. The van der Waals surface area contributed by atoms with Gasteiger partial charge in [-0.15, -0.1) is 11.5 Å². The van der Waals surface area contributed by atoms with Crippen LogP contribution in [0.4, 0.5) is 13.2 Å². The van der Waals surface area contributed by atoms with Gasteiger partial charge < -0.3 is 4.74 Å². The molecule has 0 aliphatic carbocycles. The summed E-state index contributed by atoms with van der Waals surface area (Å²) in [6, 6.07) is 0. The second-order valence-corrected chi connectivity index (χ2v) is 3.10. The third kappa shape index (κ3) is 7.31. The van der Waals surface area contributed by atoms with Crippen molar-refractivity contribution in [2.45, 2.75) is 19.0 Å². The van der Waals surface area contributed by atoms with E-state index in [-0.39, 0.29) is 13.0 Å². The molecule has 0 aromatic rings. The van der Waals surface area contributed by atoms with Crippen LogP contribution in [0, 0.1) is 4.91 Å². The number of nitroso groups, excluding NO2 is 1. The molecule has 0 aromatic carbocycles. The van der Waals surface area contributed by atoms with Gasteiger partial charge in [-0.05, 0) is 6.42 Å². The maximum absolute atomic E-state index is 11.7. The maximum atomic E-state index is 11.7. The summed E-state index contributed by atoms with van der Waals surface area (Å²) in [4.78, 5) is 20.5. The first-order valence-electron chi connectivity index (χ1n) is 4.85. The molecule has 0 unspecified atom stereocenters. The first-order chi connectivity index (χ1) is 7.91. The molecule has 0 spiro atoms. The Morgan fingerprint density at radius 2 is 2.06 bits per heavy atom. The molecular formula is C9H13F3N2O3. The third-order valence-corrected chi connectivity index (χ3v) is 1.73. The van der Waals surface area contributed by atoms with Crippen molar-refractivity contribution < 1.29 is 22.7 Å². The molecular weight excluding hydrogens is 241 g/mol. The number of carbonyl (C=O) groups excluding carboxylic acids is 1. The van der Waals surface area contributed by atoms with E-state index in [1.54, 1.807) is 6.08 Å². The Labute approximate surface area is 96.2 Å². The Morgan fingerprint density at radius 1 is 1.41 bits per heavy atom. The van der Waals surface area contributed by atoms with E-state index >= 15 is 0 Å². The topological polar surface area (TPSA) is 59.0 Å². The van der Waals surface area contributed by atoms with Crippen LogP contribution in [-0.4, -0.2) is 36.9 Å². The first kappa shape index (κ1) is 15.4. The smallest absolute Gasteiger partial charge is 0.459 e. The summed E-state index contributed by atoms with van der Waals surface area (Å²) in [6.45, 7) is 3.51. The fourth-order valence-corrected chi connectivity index (χ4v) is 0.928. The van der Waals surface area contributed by atoms with Crippen molar-refractivity contribution in [2.75, 3.05) is 19.7 Å². The van der Waals surface area contributed by atoms with E-state index in [0.29, 0.717) is 13.0 Å². The molecule has 0 aliphatic rings. The van der Waals surface area contributed by atoms with E-state index in [1.165, 1.54) is 0 Å². The highest BCUT2D eigenvalue weighted by Gasteiger charge is 2.40. The SMILES string of the molecule is C=CCCN(CCCOC(=O)C(F)(F)F)N=O. The molecule has 0 aromatic heterocycles. The summed E-state index contributed by atoms with van der Waals surface area (Å²) in [5, 5.41) is 3.79. The minimum atomic E-state index is -4.98. The second kappa shape index (κ2) is 7.64. The number of hydrogen-bond donors (Lipinski definition) is 0. The predicted octanol–water partition coefficient (Wildman–Crippen LogP) is 2.04. The Hall–Kier alpha value is -1.60. The zero-order valence-corrected chi connectivity index (χ0v) is 9.07. The van der Waals surface area contributed by atoms with E-state index < -0.39 is 18.8 Å². The Bertz CT molecular complexity index is 269. The second-order valence-electron chi connectivity index (χ2n) is 3.10. The van der Waals surface area contributed by atoms with Gasteiger partial charge in [-0.2, -0.15) is 13.2 Å². The molecule has 8 heteroatoms. The molecule has 0 saturated carbocycles. The largest absolute Gasteiger partial charge is 0.490 e. The van der Waals surface area contributed by atoms with Gasteiger partial charge in [0, 0.05) is 19.5 Å². The molecule has 0 N–H and O–H groups in total. The van der Waals surface area contributed by atoms with Gasteiger partial charge in [0.1, 0.15) is 0 Å². The molecule has 17 heavy (non-hydrogen) atoms. The van der Waals surface area contributed by atoms with Crippen LogP contribution in [0.25, 0.3) is 0 Å². The molecule has 0 aliphatic heterocycles. The highest BCUT2D eigenvalue weighted by atomic mass is 19.4. The molecule has 0 atom stereocenters. The van der Waals surface area contributed by atoms with E-state index in [1.807, 2.05) is 0 Å². The summed E-state index contributed by atoms with van der Waals surface area (Å²) < 4.78 is 39.1. The summed E-state index contributed by atoms with van der Waals surface area (Å²) in [5.41, 5.74) is 0. The zero-order chi connectivity index (χ0) is 13.3. The van der Waals surface area contributed by atoms with Crippen molar-refractivity contribution >= 4 is 5.97 Å². The molecule has 0 fully saturated rings. The van der Waals surface area contributed by atoms with Crippen LogP contribution in [0.15, 0.2) is 17.9 Å². The van der Waals surface area contributed by atoms with Gasteiger partial charge in [0.25, 0.3) is 0 Å². The van der Waals surface area contributed by atoms with Crippen molar-refractivity contribution in [2.24, 2.45) is 5.29 Å². The molecule has 98 valence electrons. The number of halogens is 3. The maximum Gasteiger partial charge on any atom is 0.490 e. The van der Waals surface area contributed by atoms with E-state index in [0.717, 1.165) is 5.01 Å². The first-order valence-corrected chi connectivity index (χ1v) is 4.85. The number of ether oxygens (including phenoxy) is 1. The van der Waals surface area contributed by atoms with Crippen molar-refractivity contribution in [3.05, 3.63) is 17.6 Å². The van der Waals surface area contributed by atoms with Gasteiger partial charge in [0.05, 0.1) is 11.9 Å². The zero-order valence-electron chi connectivity index (χ0n) is 9.07. The van der Waals surface area contributed by atoms with E-state index in [2.05, 4.69) is 16.6 Å². The van der Waals surface area contributed by atoms with Crippen LogP contribution in [-0.2, 0) is 9.53 Å². The van der Waals surface area contributed by atoms with Crippen LogP contribution >= 0.6 is 0 Å². The Balaban J connectivity index is 3.72. The van der Waals surface area contributed by atoms with Crippen molar-refractivity contribution in [3.63, 3.8) is 0 Å². The Kier molecular flexibility index (Phi) is 6.92. The van der Waals surface area contributed by atoms with Crippen molar-refractivity contribution in [3.8, 4) is 0 Å². The van der Waals surface area contributed by atoms with Crippen LogP contribution in [0.1, 0.15) is 12.8 Å². The molecule has 0 heterocycles. The minimum absolute atomic E-state index is 0.102. The fourth-order valence-electron chi connectivity index (χ4n) is 0.928. The van der Waals surface area contributed by atoms with Crippen molar-refractivity contribution in [1.29, 1.82) is 0 Å². The van der Waals surface area contributed by atoms with Gasteiger partial charge in [-0.25, -0.2) is 4.79 Å². The van der Waals surface area contributed by atoms with Gasteiger partial charge in [-0.1, -0.05) is 6.08 Å². The lowest BCUT2D eigenvalue weighted by Crippen LogP contribution is -2.27. The standard InChI is InChI=1S/C9H13F3N2O3/c1-2-3-5-14(13-16)6-4-7-17-8(15)9(10,11)12/h2H,1,3-7H2. The third-order valence-electron chi connectivity index (χ3n) is 1.73. The van der Waals surface area contributed by atoms with Gasteiger partial charge in [0.15, 0.2) is 0 Å². The predicted molar refractivity (Wildman–Crippen MR) is 53.8 cm³/mol. The van der Waals surface area contributed by atoms with Crippen LogP contribution in [0.5, 0.6) is 0 Å². The van der Waals surface area contributed by atoms with Crippen LogP contribution in [0.3, 0.4) is 0 Å². The fraction of sp³-hybridized carbons (Fsp3) is 0.667. The normalized spacial score (nSPS) is 10.8. The highest BCUT2D eigenvalue weighted by Crippen LogP contribution is 2.16. The summed E-state index contributed by atoms with van der Waals surface area (Å²) in [5.74, 6) is -2.23. The number of carbonyl (C=O) groups is 1. The molecule has 0 saturated heterocycles. The van der Waals surface area contributed by atoms with E-state index in [4.69, 9.17) is 0 Å². The van der Waals surface area contributed by atoms with E-state index in [9.17, 15) is 22.9 Å². The average molecular weight is 254 g/mol. The number of alkyl halides is 3. The van der Waals surface area contributed by atoms with Gasteiger partial charge in [0.2, 0.25) is 0 Å². The molecule has 5 nitrogen and oxygen atoms in total. The quantitative estimate of drug-likeness (QED) is 0.219. The van der Waals surface area contributed by atoms with Crippen LogP contribution < -0.4 is 0 Å². The van der Waals surface area contributed by atoms with Crippen molar-refractivity contribution in [1.82, 2.24) is 5.01 Å². The monoisotopic (exact) mass is 254 g/mol. The lowest BCUT2D eigenvalue weighted by molar-refractivity contribution is -0.199. The lowest BCUT2D eigenvalue weighted by atomic mass is 10.4. The number of hydrogen-bond acceptors (Lipinski definition) is 4. The van der Waals surface area contributed by atoms with Gasteiger partial charge in [-0.3, -0.25) is 5.01 Å². The summed E-state index contributed by atoms with van der Waals surface area (Å²) in [6.07, 6.45) is -2.76. The molecule has 0 radical (unpaired) electrons. The number of esters is 1. The highest BCUT2D eigenvalue weighted by molar-refractivity contribution is 5.75. The van der Waals surface area contributed by atoms with Crippen LogP contribution in [0.2, 0.25) is 0 Å². The average Bonchev–Trinajstić information content (AvgIpc) is 2.26. The molecule has 0 rings (SSSR count).